The van der Waals surface area contributed by atoms with E-state index in [4.69, 9.17) is 16.3 Å². The fourth-order valence-electron chi connectivity index (χ4n) is 1.57. The van der Waals surface area contributed by atoms with Crippen LogP contribution in [0.5, 0.6) is 5.75 Å². The molecule has 0 aliphatic rings. The molecular formula is C13H14ClNOS. The van der Waals surface area contributed by atoms with Crippen molar-refractivity contribution in [2.45, 2.75) is 18.7 Å². The van der Waals surface area contributed by atoms with Gasteiger partial charge in [-0.2, -0.15) is 0 Å². The largest absolute Gasteiger partial charge is 0.497 e. The van der Waals surface area contributed by atoms with Crippen LogP contribution in [0, 0.1) is 0 Å². The molecule has 1 aromatic heterocycles. The average Bonchev–Trinajstić information content (AvgIpc) is 2.85. The lowest BCUT2D eigenvalue weighted by molar-refractivity contribution is 0.414. The Labute approximate surface area is 110 Å². The van der Waals surface area contributed by atoms with Gasteiger partial charge in [-0.15, -0.1) is 22.9 Å². The van der Waals surface area contributed by atoms with Crippen molar-refractivity contribution >= 4 is 22.9 Å². The summed E-state index contributed by atoms with van der Waals surface area (Å²) >= 11 is 7.40. The maximum absolute atomic E-state index is 5.72. The Hall–Kier alpha value is -1.06. The zero-order valence-corrected chi connectivity index (χ0v) is 11.2. The highest BCUT2D eigenvalue weighted by molar-refractivity contribution is 7.09. The van der Waals surface area contributed by atoms with Crippen LogP contribution >= 0.6 is 22.9 Å². The average molecular weight is 268 g/mol. The standard InChI is InChI=1S/C13H14ClNOS/c1-16-12-5-2-10(3-6-12)4-7-13-15-11(8-14)9-17-13/h2-3,5-6,9H,4,7-8H2,1H3. The Bertz CT molecular complexity index is 467. The normalized spacial score (nSPS) is 10.5. The van der Waals surface area contributed by atoms with Crippen molar-refractivity contribution in [3.63, 3.8) is 0 Å². The summed E-state index contributed by atoms with van der Waals surface area (Å²) in [6.07, 6.45) is 1.97. The van der Waals surface area contributed by atoms with E-state index in [0.717, 1.165) is 29.3 Å². The zero-order chi connectivity index (χ0) is 12.1. The molecule has 2 nitrogen and oxygen atoms in total. The molecule has 0 N–H and O–H groups in total. The third-order valence-corrected chi connectivity index (χ3v) is 3.75. The first-order chi connectivity index (χ1) is 8.31. The van der Waals surface area contributed by atoms with Crippen LogP contribution < -0.4 is 4.74 Å². The molecule has 0 aliphatic heterocycles. The number of halogens is 1. The lowest BCUT2D eigenvalue weighted by atomic mass is 10.1. The molecule has 4 heteroatoms. The van der Waals surface area contributed by atoms with Gasteiger partial charge in [-0.3, -0.25) is 0 Å². The van der Waals surface area contributed by atoms with Gasteiger partial charge in [0.05, 0.1) is 23.7 Å². The third kappa shape index (κ3) is 3.45. The molecule has 1 heterocycles. The van der Waals surface area contributed by atoms with Gasteiger partial charge < -0.3 is 4.74 Å². The number of aryl methyl sites for hydroxylation is 2. The highest BCUT2D eigenvalue weighted by Crippen LogP contribution is 2.16. The van der Waals surface area contributed by atoms with Gasteiger partial charge in [0.1, 0.15) is 5.75 Å². The lowest BCUT2D eigenvalue weighted by Crippen LogP contribution is -1.91. The topological polar surface area (TPSA) is 22.1 Å². The number of ether oxygens (including phenoxy) is 1. The van der Waals surface area contributed by atoms with E-state index < -0.39 is 0 Å². The van der Waals surface area contributed by atoms with Crippen molar-refractivity contribution in [3.8, 4) is 5.75 Å². The van der Waals surface area contributed by atoms with Crippen LogP contribution in [-0.4, -0.2) is 12.1 Å². The molecule has 0 amide bonds. The number of hydrogen-bond acceptors (Lipinski definition) is 3. The van der Waals surface area contributed by atoms with E-state index in [1.165, 1.54) is 5.56 Å². The van der Waals surface area contributed by atoms with Gasteiger partial charge >= 0.3 is 0 Å². The van der Waals surface area contributed by atoms with Crippen molar-refractivity contribution in [2.75, 3.05) is 7.11 Å². The molecule has 0 unspecified atom stereocenters. The number of methoxy groups -OCH3 is 1. The van der Waals surface area contributed by atoms with Crippen LogP contribution in [-0.2, 0) is 18.7 Å². The van der Waals surface area contributed by atoms with Crippen LogP contribution in [0.4, 0.5) is 0 Å². The summed E-state index contributed by atoms with van der Waals surface area (Å²) in [5.41, 5.74) is 2.27. The van der Waals surface area contributed by atoms with Crippen LogP contribution in [0.15, 0.2) is 29.6 Å². The second kappa shape index (κ2) is 6.03. The van der Waals surface area contributed by atoms with E-state index in [-0.39, 0.29) is 0 Å². The highest BCUT2D eigenvalue weighted by Gasteiger charge is 2.02. The molecule has 0 saturated carbocycles. The number of rotatable bonds is 5. The summed E-state index contributed by atoms with van der Waals surface area (Å²) < 4.78 is 5.12. The second-order valence-corrected chi connectivity index (χ2v) is 4.92. The van der Waals surface area contributed by atoms with Crippen molar-refractivity contribution in [1.82, 2.24) is 4.98 Å². The minimum Gasteiger partial charge on any atom is -0.497 e. The molecule has 1 aromatic carbocycles. The maximum Gasteiger partial charge on any atom is 0.118 e. The lowest BCUT2D eigenvalue weighted by Gasteiger charge is -2.02. The predicted octanol–water partition coefficient (Wildman–Crippen LogP) is 3.68. The summed E-state index contributed by atoms with van der Waals surface area (Å²) in [5.74, 6) is 1.39. The summed E-state index contributed by atoms with van der Waals surface area (Å²) in [6, 6.07) is 8.16. The van der Waals surface area contributed by atoms with Gasteiger partial charge in [-0.25, -0.2) is 4.98 Å². The van der Waals surface area contributed by atoms with Crippen LogP contribution in [0.25, 0.3) is 0 Å². The molecule has 0 atom stereocenters. The Kier molecular flexibility index (Phi) is 4.40. The van der Waals surface area contributed by atoms with Gasteiger partial charge in [0.2, 0.25) is 0 Å². The van der Waals surface area contributed by atoms with Gasteiger partial charge in [0.15, 0.2) is 0 Å². The van der Waals surface area contributed by atoms with E-state index >= 15 is 0 Å². The first-order valence-corrected chi connectivity index (χ1v) is 6.85. The number of thiazole rings is 1. The van der Waals surface area contributed by atoms with Crippen molar-refractivity contribution in [3.05, 3.63) is 45.9 Å². The summed E-state index contributed by atoms with van der Waals surface area (Å²) in [5, 5.41) is 3.17. The zero-order valence-electron chi connectivity index (χ0n) is 9.65. The Morgan fingerprint density at radius 1 is 1.24 bits per heavy atom. The van der Waals surface area contributed by atoms with E-state index in [0.29, 0.717) is 5.88 Å². The van der Waals surface area contributed by atoms with Gasteiger partial charge in [0.25, 0.3) is 0 Å². The molecule has 0 saturated heterocycles. The van der Waals surface area contributed by atoms with Crippen molar-refractivity contribution in [1.29, 1.82) is 0 Å². The number of benzene rings is 1. The highest BCUT2D eigenvalue weighted by atomic mass is 35.5. The number of aromatic nitrogens is 1. The smallest absolute Gasteiger partial charge is 0.118 e. The molecule has 0 radical (unpaired) electrons. The van der Waals surface area contributed by atoms with Gasteiger partial charge in [-0.05, 0) is 24.1 Å². The maximum atomic E-state index is 5.72. The number of nitrogens with zero attached hydrogens (tertiary/aromatic N) is 1. The van der Waals surface area contributed by atoms with Gasteiger partial charge in [0, 0.05) is 11.8 Å². The Morgan fingerprint density at radius 2 is 2.00 bits per heavy atom. The number of hydrogen-bond donors (Lipinski definition) is 0. The Balaban J connectivity index is 1.92. The minimum atomic E-state index is 0.499. The third-order valence-electron chi connectivity index (χ3n) is 2.52. The molecule has 0 aliphatic carbocycles. The predicted molar refractivity (Wildman–Crippen MR) is 72.1 cm³/mol. The van der Waals surface area contributed by atoms with E-state index in [2.05, 4.69) is 17.1 Å². The molecule has 2 rings (SSSR count). The molecular weight excluding hydrogens is 254 g/mol. The van der Waals surface area contributed by atoms with E-state index in [1.807, 2.05) is 17.5 Å². The quantitative estimate of drug-likeness (QED) is 0.771. The van der Waals surface area contributed by atoms with E-state index in [9.17, 15) is 0 Å². The first-order valence-electron chi connectivity index (χ1n) is 5.44. The number of alkyl halides is 1. The summed E-state index contributed by atoms with van der Waals surface area (Å²) in [7, 11) is 1.68. The fraction of sp³-hybridized carbons (Fsp3) is 0.308. The molecule has 2 aromatic rings. The second-order valence-electron chi connectivity index (χ2n) is 3.71. The molecule has 90 valence electrons. The monoisotopic (exact) mass is 267 g/mol. The van der Waals surface area contributed by atoms with Crippen molar-refractivity contribution in [2.24, 2.45) is 0 Å². The van der Waals surface area contributed by atoms with Crippen LogP contribution in [0.3, 0.4) is 0 Å². The summed E-state index contributed by atoms with van der Waals surface area (Å²) in [4.78, 5) is 4.44. The van der Waals surface area contributed by atoms with E-state index in [1.54, 1.807) is 18.4 Å². The fourth-order valence-corrected chi connectivity index (χ4v) is 2.59. The van der Waals surface area contributed by atoms with Crippen molar-refractivity contribution < 1.29 is 4.74 Å². The van der Waals surface area contributed by atoms with Crippen LogP contribution in [0.1, 0.15) is 16.3 Å². The molecule has 0 bridgehead atoms. The molecule has 17 heavy (non-hydrogen) atoms. The van der Waals surface area contributed by atoms with Gasteiger partial charge in [-0.1, -0.05) is 12.1 Å². The SMILES string of the molecule is COc1ccc(CCc2nc(CCl)cs2)cc1. The minimum absolute atomic E-state index is 0.499. The molecule has 0 spiro atoms. The first kappa shape index (κ1) is 12.4. The molecule has 0 fully saturated rings. The Morgan fingerprint density at radius 3 is 2.59 bits per heavy atom. The summed E-state index contributed by atoms with van der Waals surface area (Å²) in [6.45, 7) is 0. The van der Waals surface area contributed by atoms with Crippen LogP contribution in [0.2, 0.25) is 0 Å².